The number of carboxylic acids is 1. The molecule has 0 saturated carbocycles. The second kappa shape index (κ2) is 6.62. The molecule has 1 heterocycles. The van der Waals surface area contributed by atoms with Crippen molar-refractivity contribution in [1.82, 2.24) is 9.88 Å². The lowest BCUT2D eigenvalue weighted by atomic mass is 10.1. The number of hydrogen-bond donors (Lipinski definition) is 2. The molecule has 8 heteroatoms. The van der Waals surface area contributed by atoms with Crippen molar-refractivity contribution in [2.45, 2.75) is 6.54 Å². The molecule has 0 spiro atoms. The van der Waals surface area contributed by atoms with Gasteiger partial charge in [0.15, 0.2) is 0 Å². The monoisotopic (exact) mass is 346 g/mol. The number of rotatable bonds is 5. The highest BCUT2D eigenvalue weighted by atomic mass is 35.5. The van der Waals surface area contributed by atoms with Crippen LogP contribution in [0.25, 0.3) is 11.3 Å². The first kappa shape index (κ1) is 16.0. The normalized spacial score (nSPS) is 11.0. The number of hydrogen-bond acceptors (Lipinski definition) is 4. The van der Waals surface area contributed by atoms with E-state index in [2.05, 4.69) is 4.98 Å². The van der Waals surface area contributed by atoms with Gasteiger partial charge in [-0.3, -0.25) is 14.5 Å². The molecule has 2 rings (SSSR count). The van der Waals surface area contributed by atoms with Crippen molar-refractivity contribution in [3.8, 4) is 11.3 Å². The number of aromatic amines is 1. The van der Waals surface area contributed by atoms with E-state index in [0.717, 1.165) is 21.8 Å². The van der Waals surface area contributed by atoms with Gasteiger partial charge >= 0.3 is 10.8 Å². The number of nitrogens with zero attached hydrogens (tertiary/aromatic N) is 1. The van der Waals surface area contributed by atoms with Crippen LogP contribution >= 0.6 is 34.5 Å². The van der Waals surface area contributed by atoms with Crippen molar-refractivity contribution in [2.75, 3.05) is 13.6 Å². The highest BCUT2D eigenvalue weighted by Gasteiger charge is 2.14. The first-order valence-electron chi connectivity index (χ1n) is 5.94. The van der Waals surface area contributed by atoms with Gasteiger partial charge in [-0.2, -0.15) is 0 Å². The summed E-state index contributed by atoms with van der Waals surface area (Å²) in [5.74, 6) is -0.920. The Morgan fingerprint density at radius 2 is 2.10 bits per heavy atom. The lowest BCUT2D eigenvalue weighted by molar-refractivity contribution is -0.138. The molecule has 2 N–H and O–H groups in total. The molecule has 0 unspecified atom stereocenters. The Labute approximate surface area is 134 Å². The number of likely N-dealkylation sites (N-methyl/N-ethyl adjacent to an activating group) is 1. The number of halogens is 2. The van der Waals surface area contributed by atoms with Crippen molar-refractivity contribution in [3.63, 3.8) is 0 Å². The van der Waals surface area contributed by atoms with Gasteiger partial charge in [-0.25, -0.2) is 0 Å². The number of aromatic nitrogens is 1. The van der Waals surface area contributed by atoms with E-state index in [1.54, 1.807) is 30.1 Å². The summed E-state index contributed by atoms with van der Waals surface area (Å²) in [6.45, 7) is 0.248. The smallest absolute Gasteiger partial charge is 0.317 e. The van der Waals surface area contributed by atoms with Gasteiger partial charge in [-0.05, 0) is 19.2 Å². The molecule has 0 bridgehead atoms. The molecule has 0 amide bonds. The first-order valence-corrected chi connectivity index (χ1v) is 7.52. The number of aliphatic carboxylic acids is 1. The molecule has 2 aromatic rings. The Kier molecular flexibility index (Phi) is 5.05. The number of carboxylic acid groups (broad SMARTS) is 1. The number of thiazole rings is 1. The molecule has 0 fully saturated rings. The summed E-state index contributed by atoms with van der Waals surface area (Å²) in [5, 5.41) is 9.61. The molecule has 21 heavy (non-hydrogen) atoms. The molecule has 1 aromatic heterocycles. The summed E-state index contributed by atoms with van der Waals surface area (Å²) in [6, 6.07) is 5.08. The summed E-state index contributed by atoms with van der Waals surface area (Å²) in [7, 11) is 1.68. The third-order valence-electron chi connectivity index (χ3n) is 2.75. The molecule has 112 valence electrons. The highest BCUT2D eigenvalue weighted by Crippen LogP contribution is 2.30. The van der Waals surface area contributed by atoms with Crippen LogP contribution in [0.4, 0.5) is 0 Å². The Morgan fingerprint density at radius 1 is 1.38 bits per heavy atom. The largest absolute Gasteiger partial charge is 0.480 e. The average molecular weight is 347 g/mol. The number of carbonyl (C=O) groups is 1. The molecular weight excluding hydrogens is 335 g/mol. The molecule has 0 aliphatic rings. The summed E-state index contributed by atoms with van der Waals surface area (Å²) < 4.78 is 0. The van der Waals surface area contributed by atoms with E-state index in [1.165, 1.54) is 0 Å². The van der Waals surface area contributed by atoms with Crippen LogP contribution in [0, 0.1) is 0 Å². The van der Waals surface area contributed by atoms with Crippen LogP contribution in [-0.4, -0.2) is 34.6 Å². The van der Waals surface area contributed by atoms with Crippen LogP contribution in [-0.2, 0) is 11.3 Å². The van der Waals surface area contributed by atoms with Gasteiger partial charge in [0, 0.05) is 17.0 Å². The van der Waals surface area contributed by atoms with E-state index in [9.17, 15) is 9.59 Å². The van der Waals surface area contributed by atoms with Gasteiger partial charge in [0.1, 0.15) is 0 Å². The molecule has 0 aliphatic carbocycles. The molecule has 0 atom stereocenters. The van der Waals surface area contributed by atoms with E-state index >= 15 is 0 Å². The Morgan fingerprint density at radius 3 is 2.71 bits per heavy atom. The fourth-order valence-electron chi connectivity index (χ4n) is 1.89. The predicted octanol–water partition coefficient (Wildman–Crippen LogP) is 2.93. The standard InChI is InChI=1S/C13H12Cl2N2O3S/c1-17(6-11(18)19)5-10-12(16-13(20)21-10)7-2-3-8(14)9(15)4-7/h2-4H,5-6H2,1H3,(H,16,20)(H,18,19). The van der Waals surface area contributed by atoms with Crippen LogP contribution in [0.15, 0.2) is 23.0 Å². The van der Waals surface area contributed by atoms with Crippen LogP contribution in [0.1, 0.15) is 4.88 Å². The minimum absolute atomic E-state index is 0.104. The fourth-order valence-corrected chi connectivity index (χ4v) is 3.12. The Bertz CT molecular complexity index is 726. The summed E-state index contributed by atoms with van der Waals surface area (Å²) >= 11 is 12.9. The highest BCUT2D eigenvalue weighted by molar-refractivity contribution is 7.09. The van der Waals surface area contributed by atoms with Crippen molar-refractivity contribution in [2.24, 2.45) is 0 Å². The van der Waals surface area contributed by atoms with E-state index in [-0.39, 0.29) is 11.4 Å². The van der Waals surface area contributed by atoms with Crippen molar-refractivity contribution < 1.29 is 9.90 Å². The van der Waals surface area contributed by atoms with Gasteiger partial charge in [0.2, 0.25) is 0 Å². The summed E-state index contributed by atoms with van der Waals surface area (Å²) in [5.41, 5.74) is 1.38. The molecule has 0 aliphatic heterocycles. The number of nitrogens with one attached hydrogen (secondary N) is 1. The van der Waals surface area contributed by atoms with Gasteiger partial charge in [-0.1, -0.05) is 40.6 Å². The van der Waals surface area contributed by atoms with Crippen LogP contribution in [0.5, 0.6) is 0 Å². The quantitative estimate of drug-likeness (QED) is 0.872. The van der Waals surface area contributed by atoms with Crippen LogP contribution < -0.4 is 4.87 Å². The zero-order valence-electron chi connectivity index (χ0n) is 11.0. The van der Waals surface area contributed by atoms with E-state index in [0.29, 0.717) is 22.3 Å². The maximum Gasteiger partial charge on any atom is 0.317 e. The molecule has 5 nitrogen and oxygen atoms in total. The minimum Gasteiger partial charge on any atom is -0.480 e. The topological polar surface area (TPSA) is 73.4 Å². The zero-order chi connectivity index (χ0) is 15.6. The molecule has 1 aromatic carbocycles. The van der Waals surface area contributed by atoms with E-state index in [1.807, 2.05) is 0 Å². The molecule has 0 saturated heterocycles. The second-order valence-electron chi connectivity index (χ2n) is 4.51. The van der Waals surface area contributed by atoms with Crippen molar-refractivity contribution >= 4 is 40.5 Å². The third kappa shape index (κ3) is 4.07. The first-order chi connectivity index (χ1) is 9.86. The van der Waals surface area contributed by atoms with Gasteiger partial charge in [0.05, 0.1) is 22.3 Å². The second-order valence-corrected chi connectivity index (χ2v) is 6.39. The fraction of sp³-hybridized carbons (Fsp3) is 0.231. The Balaban J connectivity index is 2.34. The summed E-state index contributed by atoms with van der Waals surface area (Å²) in [4.78, 5) is 27.2. The average Bonchev–Trinajstić information content (AvgIpc) is 2.72. The lowest BCUT2D eigenvalue weighted by Crippen LogP contribution is -2.24. The lowest BCUT2D eigenvalue weighted by Gasteiger charge is -2.13. The van der Waals surface area contributed by atoms with E-state index < -0.39 is 5.97 Å². The van der Waals surface area contributed by atoms with E-state index in [4.69, 9.17) is 28.3 Å². The SMILES string of the molecule is CN(CC(=O)O)Cc1sc(=O)[nH]c1-c1ccc(Cl)c(Cl)c1. The van der Waals surface area contributed by atoms with Gasteiger partial charge in [-0.15, -0.1) is 0 Å². The van der Waals surface area contributed by atoms with Crippen molar-refractivity contribution in [3.05, 3.63) is 42.8 Å². The maximum atomic E-state index is 11.6. The van der Waals surface area contributed by atoms with Crippen LogP contribution in [0.3, 0.4) is 0 Å². The number of H-pyrrole nitrogens is 1. The third-order valence-corrected chi connectivity index (χ3v) is 4.35. The Hall–Kier alpha value is -1.34. The molecule has 0 radical (unpaired) electrons. The zero-order valence-corrected chi connectivity index (χ0v) is 13.3. The van der Waals surface area contributed by atoms with Crippen LogP contribution in [0.2, 0.25) is 10.0 Å². The van der Waals surface area contributed by atoms with Gasteiger partial charge in [0.25, 0.3) is 0 Å². The molecular formula is C13H12Cl2N2O3S. The summed E-state index contributed by atoms with van der Waals surface area (Å²) in [6.07, 6.45) is 0. The minimum atomic E-state index is -0.920. The number of benzene rings is 1. The predicted molar refractivity (Wildman–Crippen MR) is 84.4 cm³/mol. The van der Waals surface area contributed by atoms with Crippen molar-refractivity contribution in [1.29, 1.82) is 0 Å². The van der Waals surface area contributed by atoms with Gasteiger partial charge < -0.3 is 10.1 Å². The maximum absolute atomic E-state index is 11.6.